The first-order valence-corrected chi connectivity index (χ1v) is 9.41. The van der Waals surface area contributed by atoms with Gasteiger partial charge in [-0.25, -0.2) is 0 Å². The number of nitrogens with one attached hydrogen (secondary N) is 1. The van der Waals surface area contributed by atoms with E-state index in [9.17, 15) is 0 Å². The van der Waals surface area contributed by atoms with Gasteiger partial charge in [-0.3, -0.25) is 0 Å². The lowest BCUT2D eigenvalue weighted by Gasteiger charge is -2.33. The van der Waals surface area contributed by atoms with Crippen molar-refractivity contribution in [3.05, 3.63) is 102 Å². The predicted octanol–water partition coefficient (Wildman–Crippen LogP) is 5.62. The molecule has 0 radical (unpaired) electrons. The fourth-order valence-electron chi connectivity index (χ4n) is 4.68. The summed E-state index contributed by atoms with van der Waals surface area (Å²) in [7, 11) is 0. The van der Waals surface area contributed by atoms with Crippen LogP contribution in [0.4, 0.5) is 5.69 Å². The first-order valence-electron chi connectivity index (χ1n) is 9.41. The van der Waals surface area contributed by atoms with E-state index >= 15 is 0 Å². The molecule has 2 nitrogen and oxygen atoms in total. The van der Waals surface area contributed by atoms with Crippen LogP contribution in [-0.4, -0.2) is 6.61 Å². The van der Waals surface area contributed by atoms with E-state index in [1.807, 2.05) is 0 Å². The molecular weight excluding hydrogens is 318 g/mol. The van der Waals surface area contributed by atoms with E-state index in [-0.39, 0.29) is 17.6 Å². The van der Waals surface area contributed by atoms with Crippen molar-refractivity contribution in [1.29, 1.82) is 0 Å². The molecule has 1 saturated heterocycles. The molecule has 0 spiro atoms. The third-order valence-electron chi connectivity index (χ3n) is 6.01. The van der Waals surface area contributed by atoms with Crippen molar-refractivity contribution in [3.8, 4) is 0 Å². The minimum Gasteiger partial charge on any atom is -0.378 e. The van der Waals surface area contributed by atoms with Crippen molar-refractivity contribution in [2.75, 3.05) is 11.9 Å². The Hall–Kier alpha value is -2.58. The van der Waals surface area contributed by atoms with E-state index in [4.69, 9.17) is 4.74 Å². The van der Waals surface area contributed by atoms with Crippen LogP contribution in [0, 0.1) is 11.3 Å². The smallest absolute Gasteiger partial charge is 0.0907 e. The van der Waals surface area contributed by atoms with Crippen molar-refractivity contribution in [2.24, 2.45) is 11.3 Å². The third kappa shape index (κ3) is 2.53. The summed E-state index contributed by atoms with van der Waals surface area (Å²) in [4.78, 5) is 0. The topological polar surface area (TPSA) is 21.3 Å². The standard InChI is InChI=1S/C24H23NO/c1-4-10-18(11-5-1)22(25-21-14-8-3-9-15-21)24-16-20(24)17-26-23(24)19-12-6-2-7-13-19/h1-15,20,22-23,25H,16-17H2. The molecule has 3 aromatic rings. The molecule has 1 aliphatic carbocycles. The van der Waals surface area contributed by atoms with Crippen LogP contribution in [0.3, 0.4) is 0 Å². The quantitative estimate of drug-likeness (QED) is 0.650. The molecule has 2 fully saturated rings. The molecule has 5 rings (SSSR count). The Morgan fingerprint density at radius 2 is 1.42 bits per heavy atom. The van der Waals surface area contributed by atoms with Gasteiger partial charge in [-0.15, -0.1) is 0 Å². The molecule has 1 heterocycles. The number of ether oxygens (including phenoxy) is 1. The summed E-state index contributed by atoms with van der Waals surface area (Å²) in [6, 6.07) is 32.3. The van der Waals surface area contributed by atoms with Gasteiger partial charge < -0.3 is 10.1 Å². The second kappa shape index (κ2) is 6.30. The average Bonchev–Trinajstić information content (AvgIpc) is 3.33. The Labute approximate surface area is 154 Å². The van der Waals surface area contributed by atoms with Crippen LogP contribution < -0.4 is 5.32 Å². The third-order valence-corrected chi connectivity index (χ3v) is 6.01. The molecule has 0 aromatic heterocycles. The Kier molecular flexibility index (Phi) is 3.79. The van der Waals surface area contributed by atoms with E-state index in [1.165, 1.54) is 23.2 Å². The number of fused-ring (bicyclic) bond motifs is 1. The normalized spacial score (nSPS) is 27.5. The highest BCUT2D eigenvalue weighted by Gasteiger charge is 2.68. The number of rotatable bonds is 5. The largest absolute Gasteiger partial charge is 0.378 e. The van der Waals surface area contributed by atoms with Crippen LogP contribution in [-0.2, 0) is 4.74 Å². The number of hydrogen-bond acceptors (Lipinski definition) is 2. The lowest BCUT2D eigenvalue weighted by Crippen LogP contribution is -2.27. The maximum Gasteiger partial charge on any atom is 0.0907 e. The summed E-state index contributed by atoms with van der Waals surface area (Å²) in [6.07, 6.45) is 1.36. The first kappa shape index (κ1) is 15.7. The Balaban J connectivity index is 1.56. The van der Waals surface area contributed by atoms with E-state index in [1.54, 1.807) is 0 Å². The average molecular weight is 341 g/mol. The SMILES string of the molecule is c1ccc(NC(c2ccccc2)C23CC2COC3c2ccccc2)cc1. The van der Waals surface area contributed by atoms with Crippen molar-refractivity contribution in [3.63, 3.8) is 0 Å². The van der Waals surface area contributed by atoms with Crippen molar-refractivity contribution < 1.29 is 4.74 Å². The minimum atomic E-state index is 0.124. The molecule has 2 aliphatic rings. The van der Waals surface area contributed by atoms with Gasteiger partial charge in [-0.05, 0) is 35.6 Å². The summed E-state index contributed by atoms with van der Waals surface area (Å²) in [5, 5.41) is 3.84. The van der Waals surface area contributed by atoms with Gasteiger partial charge in [0, 0.05) is 11.1 Å². The molecule has 130 valence electrons. The van der Waals surface area contributed by atoms with Gasteiger partial charge in [0.25, 0.3) is 0 Å². The van der Waals surface area contributed by atoms with Crippen LogP contribution in [0.15, 0.2) is 91.0 Å². The summed E-state index contributed by atoms with van der Waals surface area (Å²) >= 11 is 0. The highest BCUT2D eigenvalue weighted by Crippen LogP contribution is 2.72. The Morgan fingerprint density at radius 1 is 0.808 bits per heavy atom. The number of benzene rings is 3. The van der Waals surface area contributed by atoms with Crippen LogP contribution in [0.25, 0.3) is 0 Å². The summed E-state index contributed by atoms with van der Waals surface area (Å²) < 4.78 is 6.30. The molecule has 3 aromatic carbocycles. The van der Waals surface area contributed by atoms with Crippen molar-refractivity contribution in [1.82, 2.24) is 0 Å². The summed E-state index contributed by atoms with van der Waals surface area (Å²) in [6.45, 7) is 0.860. The van der Waals surface area contributed by atoms with E-state index < -0.39 is 0 Å². The van der Waals surface area contributed by atoms with Crippen molar-refractivity contribution >= 4 is 5.69 Å². The number of para-hydroxylation sites is 1. The molecule has 1 aliphatic heterocycles. The molecular formula is C24H23NO. The van der Waals surface area contributed by atoms with Crippen LogP contribution in [0.5, 0.6) is 0 Å². The van der Waals surface area contributed by atoms with E-state index in [0.717, 1.165) is 6.61 Å². The highest BCUT2D eigenvalue weighted by atomic mass is 16.5. The molecule has 1 N–H and O–H groups in total. The fourth-order valence-corrected chi connectivity index (χ4v) is 4.68. The molecule has 4 unspecified atom stereocenters. The lowest BCUT2D eigenvalue weighted by atomic mass is 9.81. The van der Waals surface area contributed by atoms with Crippen LogP contribution >= 0.6 is 0 Å². The lowest BCUT2D eigenvalue weighted by molar-refractivity contribution is 0.0465. The number of hydrogen-bond donors (Lipinski definition) is 1. The molecule has 26 heavy (non-hydrogen) atoms. The van der Waals surface area contributed by atoms with E-state index in [2.05, 4.69) is 96.3 Å². The van der Waals surface area contributed by atoms with Crippen LogP contribution in [0.1, 0.15) is 29.7 Å². The molecule has 1 saturated carbocycles. The highest BCUT2D eigenvalue weighted by molar-refractivity contribution is 5.48. The zero-order valence-corrected chi connectivity index (χ0v) is 14.7. The first-order chi connectivity index (χ1) is 12.9. The monoisotopic (exact) mass is 341 g/mol. The minimum absolute atomic E-state index is 0.124. The predicted molar refractivity (Wildman–Crippen MR) is 105 cm³/mol. The zero-order chi connectivity index (χ0) is 17.4. The second-order valence-corrected chi connectivity index (χ2v) is 7.49. The Morgan fingerprint density at radius 3 is 2.08 bits per heavy atom. The maximum atomic E-state index is 6.30. The van der Waals surface area contributed by atoms with Gasteiger partial charge in [0.2, 0.25) is 0 Å². The fraction of sp³-hybridized carbons (Fsp3) is 0.250. The zero-order valence-electron chi connectivity index (χ0n) is 14.7. The van der Waals surface area contributed by atoms with Gasteiger partial charge in [0.1, 0.15) is 0 Å². The van der Waals surface area contributed by atoms with Gasteiger partial charge in [0.15, 0.2) is 0 Å². The van der Waals surface area contributed by atoms with Gasteiger partial charge >= 0.3 is 0 Å². The van der Waals surface area contributed by atoms with Crippen LogP contribution in [0.2, 0.25) is 0 Å². The maximum absolute atomic E-state index is 6.30. The van der Waals surface area contributed by atoms with Crippen molar-refractivity contribution in [2.45, 2.75) is 18.6 Å². The van der Waals surface area contributed by atoms with Gasteiger partial charge in [0.05, 0.1) is 18.8 Å². The molecule has 0 amide bonds. The summed E-state index contributed by atoms with van der Waals surface area (Å²) in [5.41, 5.74) is 3.92. The molecule has 4 atom stereocenters. The summed E-state index contributed by atoms with van der Waals surface area (Å²) in [5.74, 6) is 0.620. The second-order valence-electron chi connectivity index (χ2n) is 7.49. The number of anilines is 1. The van der Waals surface area contributed by atoms with Gasteiger partial charge in [-0.1, -0.05) is 78.9 Å². The van der Waals surface area contributed by atoms with Gasteiger partial charge in [-0.2, -0.15) is 0 Å². The Bertz CT molecular complexity index is 864. The molecule has 0 bridgehead atoms. The molecule has 2 heteroatoms. The van der Waals surface area contributed by atoms with E-state index in [0.29, 0.717) is 5.92 Å².